The average Bonchev–Trinajstić information content (AvgIpc) is 3.52. The van der Waals surface area contributed by atoms with Crippen LogP contribution in [0.15, 0.2) is 62.4 Å². The molecule has 0 unspecified atom stereocenters. The molecule has 5 rings (SSSR count). The first-order valence-electron chi connectivity index (χ1n) is 10.3. The minimum Gasteiger partial charge on any atom is -0.464 e. The standard InChI is InChI=1S/C23H21N5O2S2/c1-3-9-28-20(15-7-4-6-14(2)11-15)26-27-23(28)32-13-18-24-21(29)19-16(12-31-22(19)25-18)17-8-5-10-30-17/h4-8,10-12H,3,9,13H2,1-2H3,(H,24,25,29). The highest BCUT2D eigenvalue weighted by molar-refractivity contribution is 7.98. The highest BCUT2D eigenvalue weighted by Gasteiger charge is 2.17. The first-order valence-corrected chi connectivity index (χ1v) is 12.2. The van der Waals surface area contributed by atoms with Crippen LogP contribution in [-0.4, -0.2) is 24.7 Å². The molecule has 4 heterocycles. The lowest BCUT2D eigenvalue weighted by molar-refractivity contribution is 0.583. The van der Waals surface area contributed by atoms with Crippen LogP contribution in [0.2, 0.25) is 0 Å². The van der Waals surface area contributed by atoms with Crippen molar-refractivity contribution in [1.82, 2.24) is 24.7 Å². The van der Waals surface area contributed by atoms with E-state index in [0.29, 0.717) is 27.6 Å². The summed E-state index contributed by atoms with van der Waals surface area (Å²) in [5.74, 6) is 2.64. The monoisotopic (exact) mass is 463 g/mol. The molecule has 0 aliphatic rings. The molecule has 1 aromatic carbocycles. The van der Waals surface area contributed by atoms with Crippen LogP contribution >= 0.6 is 23.1 Å². The summed E-state index contributed by atoms with van der Waals surface area (Å²) in [7, 11) is 0. The zero-order valence-corrected chi connectivity index (χ0v) is 19.3. The smallest absolute Gasteiger partial charge is 0.260 e. The predicted octanol–water partition coefficient (Wildman–Crippen LogP) is 5.51. The number of rotatable bonds is 7. The summed E-state index contributed by atoms with van der Waals surface area (Å²) >= 11 is 2.97. The maximum Gasteiger partial charge on any atom is 0.260 e. The van der Waals surface area contributed by atoms with Crippen LogP contribution in [0.3, 0.4) is 0 Å². The van der Waals surface area contributed by atoms with Crippen molar-refractivity contribution in [1.29, 1.82) is 0 Å². The summed E-state index contributed by atoms with van der Waals surface area (Å²) in [6.45, 7) is 5.02. The largest absolute Gasteiger partial charge is 0.464 e. The number of hydrogen-bond donors (Lipinski definition) is 1. The summed E-state index contributed by atoms with van der Waals surface area (Å²) in [5.41, 5.74) is 2.85. The molecule has 0 fully saturated rings. The summed E-state index contributed by atoms with van der Waals surface area (Å²) < 4.78 is 7.60. The van der Waals surface area contributed by atoms with E-state index >= 15 is 0 Å². The molecule has 4 aromatic heterocycles. The molecule has 0 aliphatic heterocycles. The van der Waals surface area contributed by atoms with Crippen molar-refractivity contribution in [3.8, 4) is 22.7 Å². The summed E-state index contributed by atoms with van der Waals surface area (Å²) in [6, 6.07) is 11.9. The lowest BCUT2D eigenvalue weighted by atomic mass is 10.1. The van der Waals surface area contributed by atoms with Gasteiger partial charge in [0.05, 0.1) is 17.4 Å². The Morgan fingerprint density at radius 3 is 2.91 bits per heavy atom. The molecule has 9 heteroatoms. The van der Waals surface area contributed by atoms with E-state index in [1.807, 2.05) is 23.6 Å². The van der Waals surface area contributed by atoms with E-state index in [4.69, 9.17) is 4.42 Å². The number of thiophene rings is 1. The number of thioether (sulfide) groups is 1. The van der Waals surface area contributed by atoms with Crippen LogP contribution in [0.4, 0.5) is 0 Å². The minimum atomic E-state index is -0.159. The molecule has 0 saturated carbocycles. The third kappa shape index (κ3) is 3.89. The van der Waals surface area contributed by atoms with Gasteiger partial charge in [-0.25, -0.2) is 4.98 Å². The van der Waals surface area contributed by atoms with Gasteiger partial charge in [0.1, 0.15) is 16.4 Å². The van der Waals surface area contributed by atoms with Gasteiger partial charge in [0.2, 0.25) is 0 Å². The highest BCUT2D eigenvalue weighted by atomic mass is 32.2. The van der Waals surface area contributed by atoms with Crippen LogP contribution in [0, 0.1) is 6.92 Å². The lowest BCUT2D eigenvalue weighted by Gasteiger charge is -2.09. The Hall–Kier alpha value is -3.17. The number of nitrogens with zero attached hydrogens (tertiary/aromatic N) is 4. The van der Waals surface area contributed by atoms with E-state index in [1.165, 1.54) is 28.7 Å². The summed E-state index contributed by atoms with van der Waals surface area (Å²) in [5, 5.41) is 12.2. The zero-order chi connectivity index (χ0) is 22.1. The van der Waals surface area contributed by atoms with Gasteiger partial charge in [-0.15, -0.1) is 21.5 Å². The molecular weight excluding hydrogens is 442 g/mol. The molecule has 7 nitrogen and oxygen atoms in total. The van der Waals surface area contributed by atoms with Crippen molar-refractivity contribution in [3.63, 3.8) is 0 Å². The van der Waals surface area contributed by atoms with Gasteiger partial charge in [-0.05, 0) is 31.5 Å². The third-order valence-electron chi connectivity index (χ3n) is 5.06. The van der Waals surface area contributed by atoms with Crippen molar-refractivity contribution in [2.24, 2.45) is 0 Å². The Morgan fingerprint density at radius 1 is 1.22 bits per heavy atom. The quantitative estimate of drug-likeness (QED) is 0.320. The normalized spacial score (nSPS) is 11.4. The van der Waals surface area contributed by atoms with Gasteiger partial charge >= 0.3 is 0 Å². The van der Waals surface area contributed by atoms with Crippen LogP contribution < -0.4 is 5.56 Å². The first kappa shape index (κ1) is 20.7. The van der Waals surface area contributed by atoms with Crippen LogP contribution in [0.5, 0.6) is 0 Å². The topological polar surface area (TPSA) is 89.6 Å². The number of nitrogens with one attached hydrogen (secondary N) is 1. The van der Waals surface area contributed by atoms with Gasteiger partial charge in [-0.3, -0.25) is 4.79 Å². The Bertz CT molecular complexity index is 1430. The minimum absolute atomic E-state index is 0.159. The van der Waals surface area contributed by atoms with Crippen molar-refractivity contribution in [2.45, 2.75) is 37.7 Å². The fourth-order valence-corrected chi connectivity index (χ4v) is 5.41. The number of H-pyrrole nitrogens is 1. The van der Waals surface area contributed by atoms with E-state index < -0.39 is 0 Å². The lowest BCUT2D eigenvalue weighted by Crippen LogP contribution is -2.11. The van der Waals surface area contributed by atoms with Crippen LogP contribution in [0.25, 0.3) is 32.9 Å². The van der Waals surface area contributed by atoms with E-state index in [2.05, 4.69) is 56.8 Å². The molecule has 162 valence electrons. The molecule has 0 bridgehead atoms. The van der Waals surface area contributed by atoms with Crippen molar-refractivity contribution in [2.75, 3.05) is 0 Å². The SMILES string of the molecule is CCCn1c(SCc2nc3scc(-c4ccco4)c3c(=O)[nH]2)nnc1-c1cccc(C)c1. The third-order valence-corrected chi connectivity index (χ3v) is 6.91. The van der Waals surface area contributed by atoms with Gasteiger partial charge in [0.25, 0.3) is 5.56 Å². The summed E-state index contributed by atoms with van der Waals surface area (Å²) in [4.78, 5) is 21.1. The second-order valence-corrected chi connectivity index (χ2v) is 9.24. The van der Waals surface area contributed by atoms with Gasteiger partial charge in [0.15, 0.2) is 11.0 Å². The van der Waals surface area contributed by atoms with E-state index in [0.717, 1.165) is 35.1 Å². The van der Waals surface area contributed by atoms with Gasteiger partial charge < -0.3 is 14.0 Å². The molecule has 0 amide bonds. The van der Waals surface area contributed by atoms with Crippen molar-refractivity contribution < 1.29 is 4.42 Å². The second kappa shape index (κ2) is 8.76. The molecule has 0 aliphatic carbocycles. The first-order chi connectivity index (χ1) is 15.6. The molecule has 0 saturated heterocycles. The van der Waals surface area contributed by atoms with Gasteiger partial charge in [0, 0.05) is 23.1 Å². The maximum atomic E-state index is 12.8. The maximum absolute atomic E-state index is 12.8. The van der Waals surface area contributed by atoms with Crippen LogP contribution in [-0.2, 0) is 12.3 Å². The molecule has 1 N–H and O–H groups in total. The van der Waals surface area contributed by atoms with Gasteiger partial charge in [-0.2, -0.15) is 0 Å². The Morgan fingerprint density at radius 2 is 2.12 bits per heavy atom. The Labute approximate surface area is 192 Å². The fourth-order valence-electron chi connectivity index (χ4n) is 3.63. The van der Waals surface area contributed by atoms with Crippen LogP contribution in [0.1, 0.15) is 24.7 Å². The van der Waals surface area contributed by atoms with Crippen molar-refractivity contribution in [3.05, 3.63) is 69.8 Å². The molecule has 0 atom stereocenters. The number of aromatic amines is 1. The average molecular weight is 464 g/mol. The molecule has 0 spiro atoms. The Kier molecular flexibility index (Phi) is 5.67. The number of fused-ring (bicyclic) bond motifs is 1. The summed E-state index contributed by atoms with van der Waals surface area (Å²) in [6.07, 6.45) is 2.57. The number of aryl methyl sites for hydroxylation is 1. The number of benzene rings is 1. The van der Waals surface area contributed by atoms with Crippen molar-refractivity contribution >= 4 is 33.3 Å². The van der Waals surface area contributed by atoms with E-state index in [9.17, 15) is 4.79 Å². The van der Waals surface area contributed by atoms with Gasteiger partial charge in [-0.1, -0.05) is 42.4 Å². The molecule has 32 heavy (non-hydrogen) atoms. The second-order valence-electron chi connectivity index (χ2n) is 7.44. The number of hydrogen-bond acceptors (Lipinski definition) is 7. The zero-order valence-electron chi connectivity index (χ0n) is 17.7. The highest BCUT2D eigenvalue weighted by Crippen LogP contribution is 2.32. The molecule has 0 radical (unpaired) electrons. The number of furan rings is 1. The predicted molar refractivity (Wildman–Crippen MR) is 128 cm³/mol. The number of aromatic nitrogens is 5. The van der Waals surface area contributed by atoms with E-state index in [-0.39, 0.29) is 5.56 Å². The fraction of sp³-hybridized carbons (Fsp3) is 0.217. The molecule has 5 aromatic rings. The molecular formula is C23H21N5O2S2. The Balaban J connectivity index is 1.43. The van der Waals surface area contributed by atoms with E-state index in [1.54, 1.807) is 6.26 Å².